The summed E-state index contributed by atoms with van der Waals surface area (Å²) < 4.78 is 7.13. The predicted molar refractivity (Wildman–Crippen MR) is 89.6 cm³/mol. The molecule has 0 radical (unpaired) electrons. The third-order valence-electron chi connectivity index (χ3n) is 3.85. The van der Waals surface area contributed by atoms with Crippen molar-refractivity contribution in [2.45, 2.75) is 13.5 Å². The Labute approximate surface area is 137 Å². The molecule has 0 fully saturated rings. The molecule has 0 bridgehead atoms. The fourth-order valence-electron chi connectivity index (χ4n) is 2.61. The predicted octanol–water partition coefficient (Wildman–Crippen LogP) is 2.80. The molecule has 0 aliphatic carbocycles. The Bertz CT molecular complexity index is 1070. The maximum Gasteiger partial charge on any atom is 0.261 e. The molecule has 2 heterocycles. The van der Waals surface area contributed by atoms with Gasteiger partial charge in [-0.3, -0.25) is 9.36 Å². The molecule has 6 nitrogen and oxygen atoms in total. The molecule has 0 spiro atoms. The number of fused-ring (bicyclic) bond motifs is 1. The Hall–Kier alpha value is -3.28. The van der Waals surface area contributed by atoms with Crippen LogP contribution in [-0.4, -0.2) is 19.7 Å². The van der Waals surface area contributed by atoms with Gasteiger partial charge >= 0.3 is 0 Å². The Kier molecular flexibility index (Phi) is 3.42. The van der Waals surface area contributed by atoms with Gasteiger partial charge in [-0.1, -0.05) is 30.3 Å². The van der Waals surface area contributed by atoms with Gasteiger partial charge in [0.05, 0.1) is 17.2 Å². The van der Waals surface area contributed by atoms with E-state index in [4.69, 9.17) is 4.42 Å². The Morgan fingerprint density at radius 3 is 2.71 bits per heavy atom. The molecular formula is C18H14N4O2. The van der Waals surface area contributed by atoms with Crippen LogP contribution in [0.1, 0.15) is 11.5 Å². The SMILES string of the molecule is Cc1cccc2c(=O)n(Cc3nnc(-c4ccccc4)o3)cnc12. The molecule has 2 aromatic carbocycles. The van der Waals surface area contributed by atoms with Crippen LogP contribution in [-0.2, 0) is 6.54 Å². The average molecular weight is 318 g/mol. The van der Waals surface area contributed by atoms with Gasteiger partial charge in [0.2, 0.25) is 11.8 Å². The molecule has 4 aromatic rings. The zero-order valence-electron chi connectivity index (χ0n) is 13.0. The summed E-state index contributed by atoms with van der Waals surface area (Å²) in [6, 6.07) is 15.1. The highest BCUT2D eigenvalue weighted by Crippen LogP contribution is 2.17. The van der Waals surface area contributed by atoms with E-state index < -0.39 is 0 Å². The first-order valence-electron chi connectivity index (χ1n) is 7.55. The van der Waals surface area contributed by atoms with Crippen LogP contribution in [0.4, 0.5) is 0 Å². The Morgan fingerprint density at radius 2 is 1.88 bits per heavy atom. The molecule has 4 rings (SSSR count). The van der Waals surface area contributed by atoms with Crippen LogP contribution in [0.25, 0.3) is 22.4 Å². The molecular weight excluding hydrogens is 304 g/mol. The van der Waals surface area contributed by atoms with Crippen molar-refractivity contribution in [1.82, 2.24) is 19.7 Å². The molecule has 0 amide bonds. The fourth-order valence-corrected chi connectivity index (χ4v) is 2.61. The average Bonchev–Trinajstić information content (AvgIpc) is 3.07. The minimum atomic E-state index is -0.122. The van der Waals surface area contributed by atoms with E-state index in [0.29, 0.717) is 22.7 Å². The molecule has 0 saturated heterocycles. The van der Waals surface area contributed by atoms with Crippen LogP contribution in [0.2, 0.25) is 0 Å². The molecule has 0 aliphatic rings. The van der Waals surface area contributed by atoms with Crippen LogP contribution >= 0.6 is 0 Å². The van der Waals surface area contributed by atoms with E-state index >= 15 is 0 Å². The van der Waals surface area contributed by atoms with Gasteiger partial charge in [0.1, 0.15) is 6.54 Å². The van der Waals surface area contributed by atoms with E-state index in [1.165, 1.54) is 10.9 Å². The summed E-state index contributed by atoms with van der Waals surface area (Å²) in [5, 5.41) is 8.64. The summed E-state index contributed by atoms with van der Waals surface area (Å²) in [5.74, 6) is 0.799. The van der Waals surface area contributed by atoms with Crippen LogP contribution in [0.5, 0.6) is 0 Å². The van der Waals surface area contributed by atoms with Gasteiger partial charge in [-0.15, -0.1) is 10.2 Å². The summed E-state index contributed by atoms with van der Waals surface area (Å²) in [6.07, 6.45) is 1.52. The number of aromatic nitrogens is 4. The van der Waals surface area contributed by atoms with Gasteiger partial charge in [-0.25, -0.2) is 4.98 Å². The van der Waals surface area contributed by atoms with E-state index in [2.05, 4.69) is 15.2 Å². The summed E-state index contributed by atoms with van der Waals surface area (Å²) in [5.41, 5.74) is 2.41. The second-order valence-electron chi connectivity index (χ2n) is 5.52. The molecule has 6 heteroatoms. The number of para-hydroxylation sites is 1. The quantitative estimate of drug-likeness (QED) is 0.581. The summed E-state index contributed by atoms with van der Waals surface area (Å²) >= 11 is 0. The lowest BCUT2D eigenvalue weighted by Gasteiger charge is -2.05. The van der Waals surface area contributed by atoms with Crippen molar-refractivity contribution in [3.8, 4) is 11.5 Å². The van der Waals surface area contributed by atoms with Gasteiger partial charge < -0.3 is 4.42 Å². The highest BCUT2D eigenvalue weighted by molar-refractivity contribution is 5.80. The second kappa shape index (κ2) is 5.73. The molecule has 2 aromatic heterocycles. The molecule has 0 atom stereocenters. The van der Waals surface area contributed by atoms with Gasteiger partial charge in [-0.2, -0.15) is 0 Å². The smallest absolute Gasteiger partial charge is 0.261 e. The van der Waals surface area contributed by atoms with E-state index in [0.717, 1.165) is 11.1 Å². The fraction of sp³-hybridized carbons (Fsp3) is 0.111. The Morgan fingerprint density at radius 1 is 1.04 bits per heavy atom. The van der Waals surface area contributed by atoms with Crippen molar-refractivity contribution in [1.29, 1.82) is 0 Å². The number of hydrogen-bond donors (Lipinski definition) is 0. The lowest BCUT2D eigenvalue weighted by Crippen LogP contribution is -2.21. The number of hydrogen-bond acceptors (Lipinski definition) is 5. The minimum Gasteiger partial charge on any atom is -0.419 e. The standard InChI is InChI=1S/C18H14N4O2/c1-12-6-5-9-14-16(12)19-11-22(18(14)23)10-15-20-21-17(24-15)13-7-3-2-4-8-13/h2-9,11H,10H2,1H3. The van der Waals surface area contributed by atoms with Crippen molar-refractivity contribution in [3.05, 3.63) is 76.7 Å². The normalized spacial score (nSPS) is 11.0. The van der Waals surface area contributed by atoms with Crippen molar-refractivity contribution in [2.75, 3.05) is 0 Å². The lowest BCUT2D eigenvalue weighted by molar-refractivity contribution is 0.483. The van der Waals surface area contributed by atoms with Gasteiger partial charge in [0, 0.05) is 5.56 Å². The van der Waals surface area contributed by atoms with Crippen LogP contribution in [0.3, 0.4) is 0 Å². The minimum absolute atomic E-state index is 0.122. The molecule has 0 unspecified atom stereocenters. The maximum atomic E-state index is 12.6. The third-order valence-corrected chi connectivity index (χ3v) is 3.85. The molecule has 0 saturated carbocycles. The number of rotatable bonds is 3. The van der Waals surface area contributed by atoms with Crippen molar-refractivity contribution in [2.24, 2.45) is 0 Å². The molecule has 0 N–H and O–H groups in total. The monoisotopic (exact) mass is 318 g/mol. The van der Waals surface area contributed by atoms with E-state index in [-0.39, 0.29) is 12.1 Å². The van der Waals surface area contributed by atoms with E-state index in [1.807, 2.05) is 49.4 Å². The van der Waals surface area contributed by atoms with Crippen molar-refractivity contribution < 1.29 is 4.42 Å². The zero-order chi connectivity index (χ0) is 16.5. The summed E-state index contributed by atoms with van der Waals surface area (Å²) in [7, 11) is 0. The van der Waals surface area contributed by atoms with E-state index in [9.17, 15) is 4.79 Å². The van der Waals surface area contributed by atoms with Crippen molar-refractivity contribution >= 4 is 10.9 Å². The lowest BCUT2D eigenvalue weighted by atomic mass is 10.1. The number of benzene rings is 2. The summed E-state index contributed by atoms with van der Waals surface area (Å²) in [6.45, 7) is 2.12. The van der Waals surface area contributed by atoms with E-state index in [1.54, 1.807) is 6.07 Å². The first-order valence-corrected chi connectivity index (χ1v) is 7.55. The van der Waals surface area contributed by atoms with Gasteiger partial charge in [0.15, 0.2) is 0 Å². The number of nitrogens with zero attached hydrogens (tertiary/aromatic N) is 4. The first kappa shape index (κ1) is 14.3. The van der Waals surface area contributed by atoms with Crippen LogP contribution in [0, 0.1) is 6.92 Å². The highest BCUT2D eigenvalue weighted by Gasteiger charge is 2.11. The van der Waals surface area contributed by atoms with Gasteiger partial charge in [0.25, 0.3) is 5.56 Å². The van der Waals surface area contributed by atoms with Crippen molar-refractivity contribution in [3.63, 3.8) is 0 Å². The molecule has 118 valence electrons. The highest BCUT2D eigenvalue weighted by atomic mass is 16.4. The number of aryl methyl sites for hydroxylation is 1. The molecule has 24 heavy (non-hydrogen) atoms. The third kappa shape index (κ3) is 2.48. The Balaban J connectivity index is 1.69. The van der Waals surface area contributed by atoms with Crippen LogP contribution in [0.15, 0.2) is 64.1 Å². The first-order chi connectivity index (χ1) is 11.7. The second-order valence-corrected chi connectivity index (χ2v) is 5.52. The topological polar surface area (TPSA) is 73.8 Å². The maximum absolute atomic E-state index is 12.6. The zero-order valence-corrected chi connectivity index (χ0v) is 13.0. The largest absolute Gasteiger partial charge is 0.419 e. The summed E-state index contributed by atoms with van der Waals surface area (Å²) in [4.78, 5) is 17.0. The van der Waals surface area contributed by atoms with Crippen LogP contribution < -0.4 is 5.56 Å². The molecule has 0 aliphatic heterocycles. The van der Waals surface area contributed by atoms with Gasteiger partial charge in [-0.05, 0) is 30.7 Å².